The third kappa shape index (κ3) is 3.54. The van der Waals surface area contributed by atoms with Gasteiger partial charge in [-0.2, -0.15) is 0 Å². The molecule has 3 N–H and O–H groups in total. The lowest BCUT2D eigenvalue weighted by molar-refractivity contribution is -0.126. The fourth-order valence-electron chi connectivity index (χ4n) is 1.96. The van der Waals surface area contributed by atoms with Crippen molar-refractivity contribution in [3.63, 3.8) is 0 Å². The number of hydrogen-bond acceptors (Lipinski definition) is 3. The number of hydrogen-bond donors (Lipinski definition) is 2. The fourth-order valence-corrected chi connectivity index (χ4v) is 1.96. The number of hydrazine groups is 1. The van der Waals surface area contributed by atoms with Gasteiger partial charge in [-0.05, 0) is 31.5 Å². The largest absolute Gasteiger partial charge is 0.293 e. The van der Waals surface area contributed by atoms with Crippen molar-refractivity contribution >= 4 is 5.91 Å². The Morgan fingerprint density at radius 2 is 2.12 bits per heavy atom. The summed E-state index contributed by atoms with van der Waals surface area (Å²) in [6.07, 6.45) is 0.741. The smallest absolute Gasteiger partial charge is 0.251 e. The fraction of sp³-hybridized carbons (Fsp3) is 0.462. The standard InChI is InChI=1S/C13H21N3O/c1-4-12(13(17)15-14)16(3)9-11-8-6-5-7-10(11)2/h5-8,12H,4,9,14H2,1-3H3,(H,15,17). The first kappa shape index (κ1) is 13.7. The van der Waals surface area contributed by atoms with E-state index in [0.29, 0.717) is 0 Å². The predicted octanol–water partition coefficient (Wildman–Crippen LogP) is 1.20. The second-order valence-corrected chi connectivity index (χ2v) is 4.27. The SMILES string of the molecule is CCC(C(=O)NN)N(C)Cc1ccccc1C. The molecule has 0 radical (unpaired) electrons. The van der Waals surface area contributed by atoms with Gasteiger partial charge in [0.15, 0.2) is 0 Å². The molecule has 0 bridgehead atoms. The summed E-state index contributed by atoms with van der Waals surface area (Å²) in [5, 5.41) is 0. The normalized spacial score (nSPS) is 12.5. The summed E-state index contributed by atoms with van der Waals surface area (Å²) < 4.78 is 0. The van der Waals surface area contributed by atoms with Gasteiger partial charge in [-0.15, -0.1) is 0 Å². The molecule has 0 saturated carbocycles. The molecule has 0 aliphatic heterocycles. The molecule has 0 heterocycles. The summed E-state index contributed by atoms with van der Waals surface area (Å²) in [6, 6.07) is 8.01. The zero-order valence-electron chi connectivity index (χ0n) is 10.7. The van der Waals surface area contributed by atoms with Crippen molar-refractivity contribution in [2.24, 2.45) is 5.84 Å². The number of nitrogens with two attached hydrogens (primary N) is 1. The lowest BCUT2D eigenvalue weighted by atomic mass is 10.1. The van der Waals surface area contributed by atoms with Crippen LogP contribution in [-0.4, -0.2) is 23.9 Å². The second-order valence-electron chi connectivity index (χ2n) is 4.27. The van der Waals surface area contributed by atoms with Crippen molar-refractivity contribution in [2.45, 2.75) is 32.9 Å². The molecule has 0 aliphatic rings. The van der Waals surface area contributed by atoms with Crippen LogP contribution in [0.5, 0.6) is 0 Å². The number of rotatable bonds is 5. The quantitative estimate of drug-likeness (QED) is 0.458. The van der Waals surface area contributed by atoms with Gasteiger partial charge in [0.25, 0.3) is 5.91 Å². The van der Waals surface area contributed by atoms with E-state index in [1.165, 1.54) is 11.1 Å². The number of likely N-dealkylation sites (N-methyl/N-ethyl adjacent to an activating group) is 1. The number of amides is 1. The summed E-state index contributed by atoms with van der Waals surface area (Å²) in [6.45, 7) is 4.81. The maximum atomic E-state index is 11.6. The summed E-state index contributed by atoms with van der Waals surface area (Å²) in [5.74, 6) is 5.05. The minimum absolute atomic E-state index is 0.136. The maximum Gasteiger partial charge on any atom is 0.251 e. The molecular formula is C13H21N3O. The van der Waals surface area contributed by atoms with Gasteiger partial charge in [0.1, 0.15) is 0 Å². The summed E-state index contributed by atoms with van der Waals surface area (Å²) in [7, 11) is 1.94. The van der Waals surface area contributed by atoms with E-state index < -0.39 is 0 Å². The minimum Gasteiger partial charge on any atom is -0.293 e. The molecule has 1 rings (SSSR count). The van der Waals surface area contributed by atoms with Crippen molar-refractivity contribution in [1.29, 1.82) is 0 Å². The van der Waals surface area contributed by atoms with Crippen LogP contribution < -0.4 is 11.3 Å². The zero-order chi connectivity index (χ0) is 12.8. The van der Waals surface area contributed by atoms with Crippen molar-refractivity contribution in [3.05, 3.63) is 35.4 Å². The van der Waals surface area contributed by atoms with E-state index in [-0.39, 0.29) is 11.9 Å². The van der Waals surface area contributed by atoms with Gasteiger partial charge in [-0.3, -0.25) is 15.1 Å². The van der Waals surface area contributed by atoms with E-state index in [1.807, 2.05) is 31.0 Å². The average molecular weight is 235 g/mol. The maximum absolute atomic E-state index is 11.6. The highest BCUT2D eigenvalue weighted by molar-refractivity contribution is 5.80. The molecule has 4 heteroatoms. The van der Waals surface area contributed by atoms with E-state index in [1.54, 1.807) is 0 Å². The first-order chi connectivity index (χ1) is 8.10. The highest BCUT2D eigenvalue weighted by Crippen LogP contribution is 2.12. The van der Waals surface area contributed by atoms with Gasteiger partial charge in [-0.25, -0.2) is 5.84 Å². The minimum atomic E-state index is -0.181. The Labute approximate surface area is 103 Å². The first-order valence-electron chi connectivity index (χ1n) is 5.85. The van der Waals surface area contributed by atoms with Crippen LogP contribution in [0.25, 0.3) is 0 Å². The zero-order valence-corrected chi connectivity index (χ0v) is 10.7. The lowest BCUT2D eigenvalue weighted by Crippen LogP contribution is -2.47. The number of carbonyl (C=O) groups excluding carboxylic acids is 1. The number of aryl methyl sites for hydroxylation is 1. The number of carbonyl (C=O) groups is 1. The molecule has 17 heavy (non-hydrogen) atoms. The monoisotopic (exact) mass is 235 g/mol. The number of nitrogens with zero attached hydrogens (tertiary/aromatic N) is 1. The molecule has 1 amide bonds. The van der Waals surface area contributed by atoms with Crippen LogP contribution >= 0.6 is 0 Å². The van der Waals surface area contributed by atoms with Crippen LogP contribution in [0.2, 0.25) is 0 Å². The van der Waals surface area contributed by atoms with E-state index >= 15 is 0 Å². The van der Waals surface area contributed by atoms with Crippen LogP contribution in [-0.2, 0) is 11.3 Å². The molecule has 4 nitrogen and oxygen atoms in total. The Hall–Kier alpha value is -1.39. The van der Waals surface area contributed by atoms with Crippen LogP contribution in [0.4, 0.5) is 0 Å². The molecule has 0 aromatic heterocycles. The molecule has 1 atom stereocenters. The Morgan fingerprint density at radius 1 is 1.47 bits per heavy atom. The highest BCUT2D eigenvalue weighted by atomic mass is 16.2. The van der Waals surface area contributed by atoms with Gasteiger partial charge in [0.05, 0.1) is 6.04 Å². The highest BCUT2D eigenvalue weighted by Gasteiger charge is 2.20. The number of nitrogens with one attached hydrogen (secondary N) is 1. The third-order valence-electron chi connectivity index (χ3n) is 3.04. The molecule has 1 unspecified atom stereocenters. The Kier molecular flexibility index (Phi) is 5.12. The first-order valence-corrected chi connectivity index (χ1v) is 5.85. The van der Waals surface area contributed by atoms with E-state index in [0.717, 1.165) is 13.0 Å². The van der Waals surface area contributed by atoms with Crippen molar-refractivity contribution in [1.82, 2.24) is 10.3 Å². The second kappa shape index (κ2) is 6.37. The molecule has 1 aromatic carbocycles. The molecular weight excluding hydrogens is 214 g/mol. The van der Waals surface area contributed by atoms with Gasteiger partial charge < -0.3 is 0 Å². The van der Waals surface area contributed by atoms with Gasteiger partial charge >= 0.3 is 0 Å². The van der Waals surface area contributed by atoms with Crippen LogP contribution in [0.3, 0.4) is 0 Å². The third-order valence-corrected chi connectivity index (χ3v) is 3.04. The average Bonchev–Trinajstić information content (AvgIpc) is 2.32. The molecule has 0 saturated heterocycles. The Balaban J connectivity index is 2.74. The topological polar surface area (TPSA) is 58.4 Å². The van der Waals surface area contributed by atoms with E-state index in [4.69, 9.17) is 5.84 Å². The Bertz CT molecular complexity index is 379. The van der Waals surface area contributed by atoms with Gasteiger partial charge in [0, 0.05) is 6.54 Å². The lowest BCUT2D eigenvalue weighted by Gasteiger charge is -2.26. The van der Waals surface area contributed by atoms with Crippen molar-refractivity contribution in [3.8, 4) is 0 Å². The van der Waals surface area contributed by atoms with Crippen molar-refractivity contribution < 1.29 is 4.79 Å². The van der Waals surface area contributed by atoms with Gasteiger partial charge in [0.2, 0.25) is 0 Å². The summed E-state index contributed by atoms with van der Waals surface area (Å²) in [5.41, 5.74) is 4.69. The van der Waals surface area contributed by atoms with Crippen LogP contribution in [0, 0.1) is 6.92 Å². The molecule has 0 spiro atoms. The van der Waals surface area contributed by atoms with E-state index in [9.17, 15) is 4.79 Å². The summed E-state index contributed by atoms with van der Waals surface area (Å²) >= 11 is 0. The molecule has 0 fully saturated rings. The Morgan fingerprint density at radius 3 is 2.65 bits per heavy atom. The summed E-state index contributed by atoms with van der Waals surface area (Å²) in [4.78, 5) is 13.6. The number of benzene rings is 1. The van der Waals surface area contributed by atoms with Crippen LogP contribution in [0.15, 0.2) is 24.3 Å². The molecule has 0 aliphatic carbocycles. The molecule has 1 aromatic rings. The molecule has 94 valence electrons. The van der Waals surface area contributed by atoms with Crippen LogP contribution in [0.1, 0.15) is 24.5 Å². The van der Waals surface area contributed by atoms with Crippen molar-refractivity contribution in [2.75, 3.05) is 7.05 Å². The van der Waals surface area contributed by atoms with Gasteiger partial charge in [-0.1, -0.05) is 31.2 Å². The van der Waals surface area contributed by atoms with E-state index in [2.05, 4.69) is 24.5 Å². The predicted molar refractivity (Wildman–Crippen MR) is 69.1 cm³/mol.